The third kappa shape index (κ3) is 5.68. The summed E-state index contributed by atoms with van der Waals surface area (Å²) >= 11 is 1.19. The van der Waals surface area contributed by atoms with Crippen LogP contribution in [0.1, 0.15) is 27.2 Å². The first-order valence-electron chi connectivity index (χ1n) is 7.96. The maximum absolute atomic E-state index is 12.4. The number of likely N-dealkylation sites (tertiary alicyclic amines) is 1. The molecule has 1 aliphatic rings. The molecule has 2 radical (unpaired) electrons. The summed E-state index contributed by atoms with van der Waals surface area (Å²) in [5, 5.41) is 0. The van der Waals surface area contributed by atoms with Crippen molar-refractivity contribution in [2.24, 2.45) is 0 Å². The van der Waals surface area contributed by atoms with Gasteiger partial charge in [-0.05, 0) is 32.9 Å². The number of hydrogen-bond donors (Lipinski definition) is 0. The minimum absolute atomic E-state index is 0.261. The summed E-state index contributed by atoms with van der Waals surface area (Å²) in [6, 6.07) is 6.54. The quantitative estimate of drug-likeness (QED) is 0.464. The fraction of sp³-hybridized carbons (Fsp3) is 0.529. The fourth-order valence-electron chi connectivity index (χ4n) is 2.40. The zero-order valence-corrected chi connectivity index (χ0v) is 15.7. The molecule has 1 fully saturated rings. The van der Waals surface area contributed by atoms with Gasteiger partial charge in [0.05, 0.1) is 19.8 Å². The topological polar surface area (TPSA) is 65.1 Å². The van der Waals surface area contributed by atoms with E-state index in [4.69, 9.17) is 21.5 Å². The third-order valence-electron chi connectivity index (χ3n) is 3.52. The van der Waals surface area contributed by atoms with Crippen LogP contribution in [0.3, 0.4) is 0 Å². The molecule has 134 valence electrons. The van der Waals surface area contributed by atoms with E-state index in [1.54, 1.807) is 32.9 Å². The number of amides is 1. The Bertz CT molecular complexity index is 616. The number of methoxy groups -OCH3 is 1. The molecular weight excluding hydrogens is 341 g/mol. The van der Waals surface area contributed by atoms with Crippen molar-refractivity contribution < 1.29 is 23.2 Å². The number of esters is 1. The molecular formula is C17H22BNO5S. The third-order valence-corrected chi connectivity index (χ3v) is 4.36. The summed E-state index contributed by atoms with van der Waals surface area (Å²) in [5.41, 5.74) is 0.0298. The molecule has 2 atom stereocenters. The van der Waals surface area contributed by atoms with Crippen molar-refractivity contribution in [3.63, 3.8) is 0 Å². The maximum Gasteiger partial charge on any atom is 0.411 e. The monoisotopic (exact) mass is 363 g/mol. The van der Waals surface area contributed by atoms with E-state index in [1.165, 1.54) is 24.1 Å². The van der Waals surface area contributed by atoms with Crippen molar-refractivity contribution in [2.75, 3.05) is 13.7 Å². The Morgan fingerprint density at radius 1 is 1.24 bits per heavy atom. The molecule has 1 saturated heterocycles. The molecule has 0 bridgehead atoms. The van der Waals surface area contributed by atoms with Gasteiger partial charge >= 0.3 is 12.1 Å². The lowest BCUT2D eigenvalue weighted by molar-refractivity contribution is -0.145. The smallest absolute Gasteiger partial charge is 0.411 e. The lowest BCUT2D eigenvalue weighted by Crippen LogP contribution is -2.43. The first kappa shape index (κ1) is 19.7. The van der Waals surface area contributed by atoms with Crippen LogP contribution in [0, 0.1) is 0 Å². The highest BCUT2D eigenvalue weighted by Crippen LogP contribution is 2.29. The Hall–Kier alpha value is -1.67. The molecule has 1 heterocycles. The largest absolute Gasteiger partial charge is 0.467 e. The summed E-state index contributed by atoms with van der Waals surface area (Å²) in [6.07, 6.45) is -0.501. The summed E-state index contributed by atoms with van der Waals surface area (Å²) in [4.78, 5) is 26.6. The van der Waals surface area contributed by atoms with E-state index >= 15 is 0 Å². The van der Waals surface area contributed by atoms with E-state index in [9.17, 15) is 9.59 Å². The second kappa shape index (κ2) is 8.14. The van der Waals surface area contributed by atoms with Crippen LogP contribution in [0.5, 0.6) is 0 Å². The van der Waals surface area contributed by atoms with Crippen molar-refractivity contribution in [3.8, 4) is 0 Å². The number of hydrogen-bond acceptors (Lipinski definition) is 6. The van der Waals surface area contributed by atoms with Crippen molar-refractivity contribution >= 4 is 37.4 Å². The van der Waals surface area contributed by atoms with E-state index < -0.39 is 23.7 Å². The van der Waals surface area contributed by atoms with Gasteiger partial charge in [-0.2, -0.15) is 0 Å². The summed E-state index contributed by atoms with van der Waals surface area (Å²) < 4.78 is 16.0. The molecule has 0 saturated carbocycles. The molecule has 0 aromatic heterocycles. The average molecular weight is 363 g/mol. The molecule has 1 aromatic carbocycles. The van der Waals surface area contributed by atoms with Gasteiger partial charge in [0.15, 0.2) is 0 Å². The van der Waals surface area contributed by atoms with Crippen molar-refractivity contribution in [1.82, 2.24) is 4.90 Å². The van der Waals surface area contributed by atoms with Gasteiger partial charge in [-0.3, -0.25) is 4.90 Å². The molecule has 1 aromatic rings. The number of benzene rings is 1. The van der Waals surface area contributed by atoms with Crippen molar-refractivity contribution in [3.05, 3.63) is 24.3 Å². The standard InChI is InChI=1S/C17H22BNO5S/c1-17(2,3)23-16(21)19-10-12(9-14(19)15(20)22-4)24-25-13-7-5-11(18)6-8-13/h5-8,12,14H,9-10H2,1-4H3. The number of nitrogens with zero attached hydrogens (tertiary/aromatic N) is 1. The van der Waals surface area contributed by atoms with E-state index in [0.717, 1.165) is 4.90 Å². The Labute approximate surface area is 153 Å². The van der Waals surface area contributed by atoms with Crippen LogP contribution in [-0.2, 0) is 18.5 Å². The summed E-state index contributed by atoms with van der Waals surface area (Å²) in [7, 11) is 6.95. The van der Waals surface area contributed by atoms with Crippen molar-refractivity contribution in [2.45, 2.75) is 49.8 Å². The molecule has 2 rings (SSSR count). The molecule has 0 spiro atoms. The number of ether oxygens (including phenoxy) is 2. The summed E-state index contributed by atoms with van der Waals surface area (Å²) in [6.45, 7) is 5.59. The van der Waals surface area contributed by atoms with Gasteiger partial charge in [-0.1, -0.05) is 17.6 Å². The van der Waals surface area contributed by atoms with Crippen LogP contribution in [0.15, 0.2) is 29.2 Å². The molecule has 8 heteroatoms. The Balaban J connectivity index is 2.00. The Morgan fingerprint density at radius 2 is 1.88 bits per heavy atom. The van der Waals surface area contributed by atoms with Gasteiger partial charge in [-0.15, -0.1) is 0 Å². The van der Waals surface area contributed by atoms with Crippen molar-refractivity contribution in [1.29, 1.82) is 0 Å². The Kier molecular flexibility index (Phi) is 6.40. The molecule has 1 amide bonds. The molecule has 1 aliphatic heterocycles. The maximum atomic E-state index is 12.4. The molecule has 0 N–H and O–H groups in total. The van der Waals surface area contributed by atoms with E-state index in [-0.39, 0.29) is 12.6 Å². The van der Waals surface area contributed by atoms with Gasteiger partial charge < -0.3 is 13.7 Å². The number of carbonyl (C=O) groups is 2. The van der Waals surface area contributed by atoms with E-state index in [1.807, 2.05) is 12.1 Å². The lowest BCUT2D eigenvalue weighted by atomic mass is 9.97. The van der Waals surface area contributed by atoms with Crippen LogP contribution in [0.4, 0.5) is 4.79 Å². The molecule has 6 nitrogen and oxygen atoms in total. The highest BCUT2D eigenvalue weighted by molar-refractivity contribution is 7.94. The van der Waals surface area contributed by atoms with Gasteiger partial charge in [0.25, 0.3) is 0 Å². The second-order valence-electron chi connectivity index (χ2n) is 6.78. The van der Waals surface area contributed by atoms with Gasteiger partial charge in [0, 0.05) is 23.4 Å². The van der Waals surface area contributed by atoms with E-state index in [0.29, 0.717) is 11.9 Å². The van der Waals surface area contributed by atoms with Crippen LogP contribution in [-0.4, -0.2) is 56.2 Å². The van der Waals surface area contributed by atoms with Crippen LogP contribution in [0.2, 0.25) is 0 Å². The first-order valence-corrected chi connectivity index (χ1v) is 8.70. The zero-order valence-electron chi connectivity index (χ0n) is 14.9. The predicted molar refractivity (Wildman–Crippen MR) is 95.9 cm³/mol. The minimum Gasteiger partial charge on any atom is -0.467 e. The lowest BCUT2D eigenvalue weighted by Gasteiger charge is -2.27. The van der Waals surface area contributed by atoms with Gasteiger partial charge in [0.1, 0.15) is 19.5 Å². The Morgan fingerprint density at radius 3 is 2.44 bits per heavy atom. The van der Waals surface area contributed by atoms with Crippen LogP contribution < -0.4 is 5.46 Å². The normalized spacial score (nSPS) is 20.4. The fourth-order valence-corrected chi connectivity index (χ4v) is 3.03. The predicted octanol–water partition coefficient (Wildman–Crippen LogP) is 2.06. The van der Waals surface area contributed by atoms with E-state index in [2.05, 4.69) is 0 Å². The first-order chi connectivity index (χ1) is 11.7. The van der Waals surface area contributed by atoms with Gasteiger partial charge in [-0.25, -0.2) is 9.59 Å². The second-order valence-corrected chi connectivity index (χ2v) is 7.61. The highest BCUT2D eigenvalue weighted by Gasteiger charge is 2.43. The SMILES string of the molecule is [B]c1ccc(SOC2CC(C(=O)OC)N(C(=O)OC(C)(C)C)C2)cc1. The molecule has 25 heavy (non-hydrogen) atoms. The number of rotatable bonds is 4. The minimum atomic E-state index is -0.711. The van der Waals surface area contributed by atoms with Crippen LogP contribution >= 0.6 is 12.0 Å². The number of carbonyl (C=O) groups excluding carboxylic acids is 2. The van der Waals surface area contributed by atoms with Gasteiger partial charge in [0.2, 0.25) is 0 Å². The summed E-state index contributed by atoms with van der Waals surface area (Å²) in [5.74, 6) is -0.477. The molecule has 0 aliphatic carbocycles. The molecule has 2 unspecified atom stereocenters. The van der Waals surface area contributed by atoms with Crippen LogP contribution in [0.25, 0.3) is 0 Å². The average Bonchev–Trinajstić information content (AvgIpc) is 2.96. The zero-order chi connectivity index (χ0) is 18.6. The highest BCUT2D eigenvalue weighted by atomic mass is 32.2.